The third-order valence-electron chi connectivity index (χ3n) is 1.80. The van der Waals surface area contributed by atoms with Crippen LogP contribution in [0.15, 0.2) is 11.8 Å². The first-order valence-corrected chi connectivity index (χ1v) is 4.50. The van der Waals surface area contributed by atoms with Gasteiger partial charge in [0.15, 0.2) is 0 Å². The minimum Gasteiger partial charge on any atom is -0.388 e. The van der Waals surface area contributed by atoms with Gasteiger partial charge in [0.2, 0.25) is 5.91 Å². The number of hydrogen-bond acceptors (Lipinski definition) is 3. The van der Waals surface area contributed by atoms with Gasteiger partial charge in [-0.1, -0.05) is 13.3 Å². The Morgan fingerprint density at radius 2 is 2.31 bits per heavy atom. The second-order valence-corrected chi connectivity index (χ2v) is 3.04. The van der Waals surface area contributed by atoms with Crippen molar-refractivity contribution in [3.05, 3.63) is 11.8 Å². The van der Waals surface area contributed by atoms with Crippen LogP contribution < -0.4 is 10.6 Å². The molecule has 1 heterocycles. The number of hydrogen-bond donors (Lipinski definition) is 2. The van der Waals surface area contributed by atoms with E-state index in [0.29, 0.717) is 0 Å². The van der Waals surface area contributed by atoms with Crippen molar-refractivity contribution in [1.29, 1.82) is 0 Å². The molecule has 0 aromatic carbocycles. The van der Waals surface area contributed by atoms with E-state index in [1.165, 1.54) is 6.08 Å². The molecule has 72 valence electrons. The van der Waals surface area contributed by atoms with Crippen molar-refractivity contribution in [3.63, 3.8) is 0 Å². The van der Waals surface area contributed by atoms with E-state index in [9.17, 15) is 9.59 Å². The van der Waals surface area contributed by atoms with E-state index in [0.717, 1.165) is 25.1 Å². The predicted octanol–water partition coefficient (Wildman–Crippen LogP) is 0.306. The molecule has 0 aromatic rings. The summed E-state index contributed by atoms with van der Waals surface area (Å²) in [4.78, 5) is 21.8. The molecule has 2 amide bonds. The number of imide groups is 1. The van der Waals surface area contributed by atoms with Crippen LogP contribution in [0.1, 0.15) is 26.2 Å². The van der Waals surface area contributed by atoms with Crippen LogP contribution in [0.25, 0.3) is 0 Å². The highest BCUT2D eigenvalue weighted by molar-refractivity contribution is 6.04. The van der Waals surface area contributed by atoms with Crippen LogP contribution in [-0.2, 0) is 9.59 Å². The van der Waals surface area contributed by atoms with Crippen molar-refractivity contribution in [2.24, 2.45) is 0 Å². The van der Waals surface area contributed by atoms with E-state index in [2.05, 4.69) is 17.6 Å². The molecule has 0 fully saturated rings. The van der Waals surface area contributed by atoms with Crippen LogP contribution in [0.4, 0.5) is 0 Å². The van der Waals surface area contributed by atoms with E-state index in [1.807, 2.05) is 0 Å². The lowest BCUT2D eigenvalue weighted by Gasteiger charge is -2.14. The first kappa shape index (κ1) is 9.77. The van der Waals surface area contributed by atoms with Gasteiger partial charge in [-0.05, 0) is 6.42 Å². The number of unbranched alkanes of at least 4 members (excludes halogenated alkanes) is 1. The molecule has 2 N–H and O–H groups in total. The van der Waals surface area contributed by atoms with Gasteiger partial charge in [-0.15, -0.1) is 0 Å². The Balaban J connectivity index is 2.40. The van der Waals surface area contributed by atoms with E-state index < -0.39 is 0 Å². The quantitative estimate of drug-likeness (QED) is 0.486. The largest absolute Gasteiger partial charge is 0.388 e. The monoisotopic (exact) mass is 182 g/mol. The molecule has 4 nitrogen and oxygen atoms in total. The van der Waals surface area contributed by atoms with E-state index in [-0.39, 0.29) is 18.2 Å². The lowest BCUT2D eigenvalue weighted by molar-refractivity contribution is -0.128. The third-order valence-corrected chi connectivity index (χ3v) is 1.80. The fraction of sp³-hybridized carbons (Fsp3) is 0.556. The molecule has 4 heteroatoms. The number of rotatable bonds is 4. The summed E-state index contributed by atoms with van der Waals surface area (Å²) in [6.07, 6.45) is 3.88. The van der Waals surface area contributed by atoms with Gasteiger partial charge in [-0.2, -0.15) is 0 Å². The van der Waals surface area contributed by atoms with Crippen LogP contribution in [0.5, 0.6) is 0 Å². The van der Waals surface area contributed by atoms with Crippen molar-refractivity contribution in [1.82, 2.24) is 10.6 Å². The summed E-state index contributed by atoms with van der Waals surface area (Å²) in [6.45, 7) is 2.91. The summed E-state index contributed by atoms with van der Waals surface area (Å²) in [6, 6.07) is 0. The first-order chi connectivity index (χ1) is 6.22. The van der Waals surface area contributed by atoms with Crippen molar-refractivity contribution in [2.75, 3.05) is 6.54 Å². The zero-order valence-corrected chi connectivity index (χ0v) is 7.72. The maximum atomic E-state index is 10.9. The molecule has 1 rings (SSSR count). The van der Waals surface area contributed by atoms with Crippen molar-refractivity contribution in [2.45, 2.75) is 26.2 Å². The van der Waals surface area contributed by atoms with Gasteiger partial charge in [0.25, 0.3) is 5.91 Å². The Kier molecular flexibility index (Phi) is 3.49. The Hall–Kier alpha value is -1.32. The van der Waals surface area contributed by atoms with Gasteiger partial charge in [0.05, 0.1) is 6.42 Å². The van der Waals surface area contributed by atoms with Crippen molar-refractivity contribution >= 4 is 11.8 Å². The molecule has 0 aromatic heterocycles. The molecule has 1 aliphatic heterocycles. The number of carbonyl (C=O) groups is 2. The number of amides is 2. The minimum atomic E-state index is -0.324. The molecular formula is C9H14N2O2. The lowest BCUT2D eigenvalue weighted by atomic mass is 10.2. The second-order valence-electron chi connectivity index (χ2n) is 3.04. The number of nitrogens with one attached hydrogen (secondary N) is 2. The molecule has 0 aliphatic carbocycles. The van der Waals surface area contributed by atoms with Crippen LogP contribution in [0.2, 0.25) is 0 Å². The molecule has 0 atom stereocenters. The molecule has 0 saturated carbocycles. The van der Waals surface area contributed by atoms with E-state index in [4.69, 9.17) is 0 Å². The third kappa shape index (κ3) is 3.27. The van der Waals surface area contributed by atoms with Gasteiger partial charge in [0.1, 0.15) is 0 Å². The maximum Gasteiger partial charge on any atom is 0.252 e. The summed E-state index contributed by atoms with van der Waals surface area (Å²) in [7, 11) is 0. The summed E-state index contributed by atoms with van der Waals surface area (Å²) in [5, 5.41) is 5.27. The average Bonchev–Trinajstić information content (AvgIpc) is 2.03. The highest BCUT2D eigenvalue weighted by Crippen LogP contribution is 2.02. The first-order valence-electron chi connectivity index (χ1n) is 4.50. The lowest BCUT2D eigenvalue weighted by Crippen LogP contribution is -2.36. The van der Waals surface area contributed by atoms with Crippen LogP contribution in [-0.4, -0.2) is 18.4 Å². The average molecular weight is 182 g/mol. The Morgan fingerprint density at radius 3 is 2.92 bits per heavy atom. The molecule has 0 spiro atoms. The molecule has 0 saturated heterocycles. The fourth-order valence-electron chi connectivity index (χ4n) is 1.14. The number of carbonyl (C=O) groups excluding carboxylic acids is 2. The summed E-state index contributed by atoms with van der Waals surface area (Å²) in [5.74, 6) is -0.554. The van der Waals surface area contributed by atoms with Crippen LogP contribution in [0.3, 0.4) is 0 Å². The highest BCUT2D eigenvalue weighted by atomic mass is 16.2. The molecule has 1 aliphatic rings. The molecule has 0 bridgehead atoms. The van der Waals surface area contributed by atoms with E-state index >= 15 is 0 Å². The van der Waals surface area contributed by atoms with Gasteiger partial charge in [0, 0.05) is 18.3 Å². The Bertz CT molecular complexity index is 246. The second kappa shape index (κ2) is 4.64. The SMILES string of the molecule is CCCCNC1=CC(=O)NC(=O)C1. The van der Waals surface area contributed by atoms with Gasteiger partial charge in [-0.3, -0.25) is 14.9 Å². The molecular weight excluding hydrogens is 168 g/mol. The molecule has 0 unspecified atom stereocenters. The van der Waals surface area contributed by atoms with Crippen molar-refractivity contribution in [3.8, 4) is 0 Å². The fourth-order valence-corrected chi connectivity index (χ4v) is 1.14. The molecule has 0 radical (unpaired) electrons. The standard InChI is InChI=1S/C9H14N2O2/c1-2-3-4-10-7-5-8(12)11-9(13)6-7/h5,10H,2-4,6H2,1H3,(H,11,12,13). The van der Waals surface area contributed by atoms with Crippen molar-refractivity contribution < 1.29 is 9.59 Å². The van der Waals surface area contributed by atoms with Gasteiger partial charge >= 0.3 is 0 Å². The maximum absolute atomic E-state index is 10.9. The van der Waals surface area contributed by atoms with Crippen LogP contribution >= 0.6 is 0 Å². The van der Waals surface area contributed by atoms with E-state index in [1.54, 1.807) is 0 Å². The Labute approximate surface area is 77.4 Å². The normalized spacial score (nSPS) is 16.5. The summed E-state index contributed by atoms with van der Waals surface area (Å²) < 4.78 is 0. The van der Waals surface area contributed by atoms with Crippen LogP contribution in [0, 0.1) is 0 Å². The van der Waals surface area contributed by atoms with Gasteiger partial charge < -0.3 is 5.32 Å². The zero-order valence-electron chi connectivity index (χ0n) is 7.72. The summed E-state index contributed by atoms with van der Waals surface area (Å²) in [5.41, 5.74) is 0.724. The molecule has 13 heavy (non-hydrogen) atoms. The predicted molar refractivity (Wildman–Crippen MR) is 48.8 cm³/mol. The highest BCUT2D eigenvalue weighted by Gasteiger charge is 2.15. The van der Waals surface area contributed by atoms with Gasteiger partial charge in [-0.25, -0.2) is 0 Å². The smallest absolute Gasteiger partial charge is 0.252 e. The topological polar surface area (TPSA) is 58.2 Å². The summed E-state index contributed by atoms with van der Waals surface area (Å²) >= 11 is 0. The minimum absolute atomic E-state index is 0.230. The Morgan fingerprint density at radius 1 is 1.54 bits per heavy atom. The zero-order chi connectivity index (χ0) is 9.68.